The summed E-state index contributed by atoms with van der Waals surface area (Å²) in [5.41, 5.74) is 2.34. The van der Waals surface area contributed by atoms with Gasteiger partial charge >= 0.3 is 0 Å². The molecule has 0 aliphatic rings. The molecule has 1 atom stereocenters. The Kier molecular flexibility index (Phi) is 4.81. The first-order valence-electron chi connectivity index (χ1n) is 7.83. The summed E-state index contributed by atoms with van der Waals surface area (Å²) in [7, 11) is 1.53. The van der Waals surface area contributed by atoms with Crippen LogP contribution in [0.2, 0.25) is 0 Å². The molecule has 1 unspecified atom stereocenters. The normalized spacial score (nSPS) is 11.8. The quantitative estimate of drug-likeness (QED) is 0.750. The van der Waals surface area contributed by atoms with Crippen molar-refractivity contribution in [2.75, 3.05) is 12.4 Å². The predicted molar refractivity (Wildman–Crippen MR) is 94.9 cm³/mol. The average Bonchev–Trinajstić information content (AvgIpc) is 3.09. The summed E-state index contributed by atoms with van der Waals surface area (Å²) in [4.78, 5) is 12.4. The van der Waals surface area contributed by atoms with Gasteiger partial charge in [-0.25, -0.2) is 4.68 Å². The molecule has 0 saturated heterocycles. The van der Waals surface area contributed by atoms with Crippen molar-refractivity contribution in [2.24, 2.45) is 0 Å². The highest BCUT2D eigenvalue weighted by molar-refractivity contribution is 5.94. The number of methoxy groups -OCH3 is 1. The molecule has 128 valence electrons. The number of carbonyl (C=O) groups excluding carboxylic acids is 1. The lowest BCUT2D eigenvalue weighted by Crippen LogP contribution is -2.22. The van der Waals surface area contributed by atoms with Gasteiger partial charge in [-0.1, -0.05) is 30.3 Å². The van der Waals surface area contributed by atoms with Gasteiger partial charge < -0.3 is 15.2 Å². The summed E-state index contributed by atoms with van der Waals surface area (Å²) in [6, 6.07) is 16.2. The fraction of sp³-hybridized carbons (Fsp3) is 0.158. The third kappa shape index (κ3) is 3.54. The molecule has 3 rings (SSSR count). The van der Waals surface area contributed by atoms with Gasteiger partial charge in [-0.15, -0.1) is 0 Å². The topological polar surface area (TPSA) is 76.4 Å². The standard InChI is InChI=1S/C19H19N3O3/c1-13-6-3-4-9-16(13)22-17(10-11-20-22)21-19(24)18(23)14-7-5-8-15(12-14)25-2/h3-12,18,23H,1-2H3,(H,21,24). The predicted octanol–water partition coefficient (Wildman–Crippen LogP) is 2.86. The zero-order chi connectivity index (χ0) is 17.8. The molecular weight excluding hydrogens is 318 g/mol. The molecule has 0 fully saturated rings. The number of amides is 1. The minimum Gasteiger partial charge on any atom is -0.497 e. The van der Waals surface area contributed by atoms with E-state index in [1.807, 2.05) is 31.2 Å². The SMILES string of the molecule is COc1cccc(C(O)C(=O)Nc2ccnn2-c2ccccc2C)c1. The Labute approximate surface area is 145 Å². The van der Waals surface area contributed by atoms with Crippen LogP contribution in [0.4, 0.5) is 5.82 Å². The highest BCUT2D eigenvalue weighted by Gasteiger charge is 2.20. The van der Waals surface area contributed by atoms with E-state index in [1.54, 1.807) is 41.2 Å². The minimum atomic E-state index is -1.31. The van der Waals surface area contributed by atoms with Gasteiger partial charge in [0.1, 0.15) is 11.6 Å². The minimum absolute atomic E-state index is 0.457. The number of hydrogen-bond acceptors (Lipinski definition) is 4. The van der Waals surface area contributed by atoms with Crippen molar-refractivity contribution in [1.82, 2.24) is 9.78 Å². The van der Waals surface area contributed by atoms with E-state index in [0.29, 0.717) is 17.1 Å². The Morgan fingerprint density at radius 3 is 2.76 bits per heavy atom. The molecule has 0 radical (unpaired) electrons. The number of anilines is 1. The van der Waals surface area contributed by atoms with Gasteiger partial charge in [0.15, 0.2) is 6.10 Å². The van der Waals surface area contributed by atoms with Gasteiger partial charge in [-0.05, 0) is 36.2 Å². The molecule has 1 amide bonds. The van der Waals surface area contributed by atoms with E-state index in [4.69, 9.17) is 4.74 Å². The van der Waals surface area contributed by atoms with E-state index in [1.165, 1.54) is 7.11 Å². The summed E-state index contributed by atoms with van der Waals surface area (Å²) >= 11 is 0. The van der Waals surface area contributed by atoms with Crippen molar-refractivity contribution in [3.63, 3.8) is 0 Å². The van der Waals surface area contributed by atoms with Crippen molar-refractivity contribution in [3.8, 4) is 11.4 Å². The van der Waals surface area contributed by atoms with Crippen LogP contribution in [0.5, 0.6) is 5.75 Å². The number of para-hydroxylation sites is 1. The van der Waals surface area contributed by atoms with Gasteiger partial charge in [-0.3, -0.25) is 4.79 Å². The number of hydrogen-bond donors (Lipinski definition) is 2. The molecule has 6 nitrogen and oxygen atoms in total. The number of aryl methyl sites for hydroxylation is 1. The Morgan fingerprint density at radius 1 is 1.20 bits per heavy atom. The van der Waals surface area contributed by atoms with E-state index in [9.17, 15) is 9.90 Å². The molecule has 6 heteroatoms. The van der Waals surface area contributed by atoms with Crippen molar-refractivity contribution in [2.45, 2.75) is 13.0 Å². The van der Waals surface area contributed by atoms with Crippen LogP contribution < -0.4 is 10.1 Å². The smallest absolute Gasteiger partial charge is 0.258 e. The lowest BCUT2D eigenvalue weighted by Gasteiger charge is -2.14. The van der Waals surface area contributed by atoms with E-state index in [-0.39, 0.29) is 0 Å². The second kappa shape index (κ2) is 7.19. The molecule has 0 spiro atoms. The highest BCUT2D eigenvalue weighted by atomic mass is 16.5. The maximum absolute atomic E-state index is 12.4. The molecular formula is C19H19N3O3. The molecule has 0 aliphatic carbocycles. The van der Waals surface area contributed by atoms with Crippen molar-refractivity contribution >= 4 is 11.7 Å². The molecule has 1 aromatic heterocycles. The number of nitrogens with zero attached hydrogens (tertiary/aromatic N) is 2. The van der Waals surface area contributed by atoms with Crippen LogP contribution in [0, 0.1) is 6.92 Å². The third-order valence-corrected chi connectivity index (χ3v) is 3.90. The monoisotopic (exact) mass is 337 g/mol. The Hall–Kier alpha value is -3.12. The summed E-state index contributed by atoms with van der Waals surface area (Å²) in [5, 5.41) is 17.3. The average molecular weight is 337 g/mol. The Bertz CT molecular complexity index is 889. The van der Waals surface area contributed by atoms with Gasteiger partial charge in [0.05, 0.1) is 19.0 Å². The molecule has 1 heterocycles. The van der Waals surface area contributed by atoms with E-state index in [2.05, 4.69) is 10.4 Å². The number of aromatic nitrogens is 2. The van der Waals surface area contributed by atoms with Crippen LogP contribution in [0.25, 0.3) is 5.69 Å². The van der Waals surface area contributed by atoms with Crippen molar-refractivity contribution < 1.29 is 14.6 Å². The van der Waals surface area contributed by atoms with E-state index >= 15 is 0 Å². The van der Waals surface area contributed by atoms with Crippen LogP contribution >= 0.6 is 0 Å². The summed E-state index contributed by atoms with van der Waals surface area (Å²) in [6.07, 6.45) is 0.287. The maximum atomic E-state index is 12.4. The van der Waals surface area contributed by atoms with Gasteiger partial charge in [-0.2, -0.15) is 5.10 Å². The lowest BCUT2D eigenvalue weighted by molar-refractivity contribution is -0.124. The highest BCUT2D eigenvalue weighted by Crippen LogP contribution is 2.22. The summed E-state index contributed by atoms with van der Waals surface area (Å²) < 4.78 is 6.75. The fourth-order valence-corrected chi connectivity index (χ4v) is 2.55. The maximum Gasteiger partial charge on any atom is 0.258 e. The molecule has 25 heavy (non-hydrogen) atoms. The van der Waals surface area contributed by atoms with Crippen LogP contribution in [-0.2, 0) is 4.79 Å². The second-order valence-corrected chi connectivity index (χ2v) is 5.58. The number of aliphatic hydroxyl groups is 1. The first kappa shape index (κ1) is 16.7. The number of aliphatic hydroxyl groups excluding tert-OH is 1. The third-order valence-electron chi connectivity index (χ3n) is 3.90. The Morgan fingerprint density at radius 2 is 2.00 bits per heavy atom. The molecule has 0 saturated carbocycles. The number of benzene rings is 2. The summed E-state index contributed by atoms with van der Waals surface area (Å²) in [5.74, 6) is 0.527. The van der Waals surface area contributed by atoms with Gasteiger partial charge in [0.25, 0.3) is 5.91 Å². The van der Waals surface area contributed by atoms with E-state index in [0.717, 1.165) is 11.3 Å². The first-order chi connectivity index (χ1) is 12.1. The molecule has 2 aromatic carbocycles. The Balaban J connectivity index is 1.82. The second-order valence-electron chi connectivity index (χ2n) is 5.58. The van der Waals surface area contributed by atoms with Crippen molar-refractivity contribution in [1.29, 1.82) is 0 Å². The number of rotatable bonds is 5. The van der Waals surface area contributed by atoms with Gasteiger partial charge in [0, 0.05) is 6.07 Å². The number of carbonyl (C=O) groups is 1. The molecule has 0 bridgehead atoms. The fourth-order valence-electron chi connectivity index (χ4n) is 2.55. The van der Waals surface area contributed by atoms with Crippen LogP contribution in [0.3, 0.4) is 0 Å². The molecule has 2 N–H and O–H groups in total. The number of ether oxygens (including phenoxy) is 1. The van der Waals surface area contributed by atoms with Crippen LogP contribution in [0.1, 0.15) is 17.2 Å². The van der Waals surface area contributed by atoms with Crippen LogP contribution in [-0.4, -0.2) is 27.9 Å². The number of nitrogens with one attached hydrogen (secondary N) is 1. The largest absolute Gasteiger partial charge is 0.497 e. The molecule has 3 aromatic rings. The van der Waals surface area contributed by atoms with E-state index < -0.39 is 12.0 Å². The van der Waals surface area contributed by atoms with Gasteiger partial charge in [0.2, 0.25) is 0 Å². The lowest BCUT2D eigenvalue weighted by atomic mass is 10.1. The summed E-state index contributed by atoms with van der Waals surface area (Å²) in [6.45, 7) is 1.97. The van der Waals surface area contributed by atoms with Crippen molar-refractivity contribution in [3.05, 3.63) is 71.9 Å². The zero-order valence-electron chi connectivity index (χ0n) is 14.0. The first-order valence-corrected chi connectivity index (χ1v) is 7.83. The van der Waals surface area contributed by atoms with Crippen LogP contribution in [0.15, 0.2) is 60.8 Å². The zero-order valence-corrected chi connectivity index (χ0v) is 14.0. The molecule has 0 aliphatic heterocycles.